The molecule has 4 nitrogen and oxygen atoms in total. The molecule has 2 aromatic heterocycles. The Balaban J connectivity index is 2.15. The van der Waals surface area contributed by atoms with Crippen molar-refractivity contribution in [2.24, 2.45) is 0 Å². The minimum atomic E-state index is -3.48. The van der Waals surface area contributed by atoms with Gasteiger partial charge in [-0.05, 0) is 54.5 Å². The molecule has 0 spiro atoms. The molecule has 2 rings (SSSR count). The molecule has 0 radical (unpaired) electrons. The summed E-state index contributed by atoms with van der Waals surface area (Å²) in [7, 11) is 0.418. The van der Waals surface area contributed by atoms with Crippen LogP contribution in [0, 0.1) is 6.92 Å². The van der Waals surface area contributed by atoms with Crippen LogP contribution in [0.3, 0.4) is 0 Å². The number of halogens is 1. The molecule has 0 saturated carbocycles. The maximum atomic E-state index is 12.4. The van der Waals surface area contributed by atoms with Crippen molar-refractivity contribution in [1.29, 1.82) is 0 Å². The van der Waals surface area contributed by atoms with Gasteiger partial charge in [0, 0.05) is 16.3 Å². The highest BCUT2D eigenvalue weighted by Gasteiger charge is 2.23. The molecule has 1 atom stereocenters. The summed E-state index contributed by atoms with van der Waals surface area (Å²) in [4.78, 5) is 4.30. The van der Waals surface area contributed by atoms with Gasteiger partial charge in [-0.3, -0.25) is 0 Å². The van der Waals surface area contributed by atoms with Crippen LogP contribution in [-0.2, 0) is 10.0 Å². The molecule has 0 saturated heterocycles. The third-order valence-electron chi connectivity index (χ3n) is 3.09. The summed E-state index contributed by atoms with van der Waals surface area (Å²) in [5.74, 6) is 0. The Bertz CT molecular complexity index is 693. The molecule has 0 aliphatic rings. The largest absolute Gasteiger partial charge is 0.300 e. The van der Waals surface area contributed by atoms with Crippen molar-refractivity contribution in [3.8, 4) is 0 Å². The highest BCUT2D eigenvalue weighted by Crippen LogP contribution is 2.30. The number of hydrogen-bond donors (Lipinski definition) is 1. The van der Waals surface area contributed by atoms with Gasteiger partial charge in [-0.25, -0.2) is 13.1 Å². The Morgan fingerprint density at radius 1 is 1.43 bits per heavy atom. The van der Waals surface area contributed by atoms with E-state index in [0.717, 1.165) is 13.5 Å². The van der Waals surface area contributed by atoms with Crippen LogP contribution in [0.1, 0.15) is 15.8 Å². The summed E-state index contributed by atoms with van der Waals surface area (Å²) < 4.78 is 28.4. The maximum Gasteiger partial charge on any atom is 0.241 e. The van der Waals surface area contributed by atoms with Crippen LogP contribution in [0.2, 0.25) is 0 Å². The van der Waals surface area contributed by atoms with Gasteiger partial charge in [-0.2, -0.15) is 0 Å². The highest BCUT2D eigenvalue weighted by molar-refractivity contribution is 9.11. The Morgan fingerprint density at radius 2 is 2.14 bits per heavy atom. The third-order valence-corrected chi connectivity index (χ3v) is 7.30. The lowest BCUT2D eigenvalue weighted by Gasteiger charge is -2.23. The van der Waals surface area contributed by atoms with E-state index in [1.54, 1.807) is 17.4 Å². The zero-order valence-electron chi connectivity index (χ0n) is 12.0. The molecule has 0 fully saturated rings. The van der Waals surface area contributed by atoms with Gasteiger partial charge in [0.15, 0.2) is 0 Å². The van der Waals surface area contributed by atoms with Gasteiger partial charge in [0.1, 0.15) is 0 Å². The fourth-order valence-corrected chi connectivity index (χ4v) is 6.36. The van der Waals surface area contributed by atoms with E-state index in [2.05, 4.69) is 20.7 Å². The number of nitrogens with zero attached hydrogens (tertiary/aromatic N) is 1. The van der Waals surface area contributed by atoms with Crippen molar-refractivity contribution in [2.45, 2.75) is 17.9 Å². The smallest absolute Gasteiger partial charge is 0.241 e. The minimum Gasteiger partial charge on any atom is -0.300 e. The monoisotopic (exact) mass is 408 g/mol. The summed E-state index contributed by atoms with van der Waals surface area (Å²) in [5.41, 5.74) is 0. The fraction of sp³-hybridized carbons (Fsp3) is 0.385. The molecule has 21 heavy (non-hydrogen) atoms. The molecule has 1 N–H and O–H groups in total. The standard InChI is InChI=1S/C13H17BrN2O2S3/c1-9-12(7-13(14)20-9)21(17,18)15-8-10(16(2)3)11-5-4-6-19-11/h4-7,10,15H,8H2,1-3H3. The van der Waals surface area contributed by atoms with Gasteiger partial charge < -0.3 is 4.90 Å². The molecule has 0 amide bonds. The van der Waals surface area contributed by atoms with E-state index in [1.807, 2.05) is 43.4 Å². The first-order chi connectivity index (χ1) is 9.81. The number of likely N-dealkylation sites (N-methyl/N-ethyl adjacent to an activating group) is 1. The molecule has 116 valence electrons. The predicted molar refractivity (Wildman–Crippen MR) is 92.7 cm³/mol. The number of sulfonamides is 1. The molecule has 0 bridgehead atoms. The quantitative estimate of drug-likeness (QED) is 0.795. The van der Waals surface area contributed by atoms with Crippen LogP contribution in [0.4, 0.5) is 0 Å². The fourth-order valence-electron chi connectivity index (χ4n) is 1.98. The zero-order valence-corrected chi connectivity index (χ0v) is 16.0. The first kappa shape index (κ1) is 17.1. The van der Waals surface area contributed by atoms with Gasteiger partial charge in [0.2, 0.25) is 10.0 Å². The lowest BCUT2D eigenvalue weighted by molar-refractivity contribution is 0.303. The van der Waals surface area contributed by atoms with E-state index < -0.39 is 10.0 Å². The topological polar surface area (TPSA) is 49.4 Å². The molecule has 0 aromatic carbocycles. The first-order valence-electron chi connectivity index (χ1n) is 6.26. The van der Waals surface area contributed by atoms with Crippen molar-refractivity contribution in [3.63, 3.8) is 0 Å². The number of hydrogen-bond acceptors (Lipinski definition) is 5. The highest BCUT2D eigenvalue weighted by atomic mass is 79.9. The molecule has 0 aliphatic heterocycles. The third kappa shape index (κ3) is 4.14. The minimum absolute atomic E-state index is 0.0298. The molecule has 1 unspecified atom stereocenters. The summed E-state index contributed by atoms with van der Waals surface area (Å²) >= 11 is 6.38. The maximum absolute atomic E-state index is 12.4. The van der Waals surface area contributed by atoms with E-state index >= 15 is 0 Å². The van der Waals surface area contributed by atoms with Crippen LogP contribution in [0.25, 0.3) is 0 Å². The van der Waals surface area contributed by atoms with Crippen molar-refractivity contribution in [2.75, 3.05) is 20.6 Å². The van der Waals surface area contributed by atoms with Crippen LogP contribution in [0.15, 0.2) is 32.3 Å². The van der Waals surface area contributed by atoms with E-state index in [0.29, 0.717) is 11.4 Å². The molecule has 0 aliphatic carbocycles. The Labute approximate surface area is 142 Å². The Kier molecular flexibility index (Phi) is 5.61. The summed E-state index contributed by atoms with van der Waals surface area (Å²) in [6.07, 6.45) is 0. The first-order valence-corrected chi connectivity index (χ1v) is 10.2. The molecular formula is C13H17BrN2O2S3. The van der Waals surface area contributed by atoms with E-state index in [-0.39, 0.29) is 6.04 Å². The van der Waals surface area contributed by atoms with Gasteiger partial charge in [0.25, 0.3) is 0 Å². The Morgan fingerprint density at radius 3 is 2.62 bits per heavy atom. The van der Waals surface area contributed by atoms with Crippen molar-refractivity contribution in [1.82, 2.24) is 9.62 Å². The average Bonchev–Trinajstić information content (AvgIpc) is 2.99. The van der Waals surface area contributed by atoms with Crippen molar-refractivity contribution < 1.29 is 8.42 Å². The van der Waals surface area contributed by atoms with E-state index in [9.17, 15) is 8.42 Å². The second-order valence-electron chi connectivity index (χ2n) is 4.82. The average molecular weight is 409 g/mol. The van der Waals surface area contributed by atoms with E-state index in [4.69, 9.17) is 0 Å². The number of rotatable bonds is 6. The van der Waals surface area contributed by atoms with Crippen LogP contribution in [-0.4, -0.2) is 34.0 Å². The number of aryl methyl sites for hydroxylation is 1. The van der Waals surface area contributed by atoms with Crippen LogP contribution in [0.5, 0.6) is 0 Å². The SMILES string of the molecule is Cc1sc(Br)cc1S(=O)(=O)NCC(c1cccs1)N(C)C. The Hall–Kier alpha value is -0.250. The van der Waals surface area contributed by atoms with Gasteiger partial charge in [0.05, 0.1) is 14.7 Å². The van der Waals surface area contributed by atoms with Crippen molar-refractivity contribution >= 4 is 48.6 Å². The molecule has 8 heteroatoms. The van der Waals surface area contributed by atoms with E-state index in [1.165, 1.54) is 11.3 Å². The summed E-state index contributed by atoms with van der Waals surface area (Å²) in [6.45, 7) is 2.16. The lowest BCUT2D eigenvalue weighted by Crippen LogP contribution is -2.34. The lowest BCUT2D eigenvalue weighted by atomic mass is 10.2. The van der Waals surface area contributed by atoms with Gasteiger partial charge in [-0.1, -0.05) is 6.07 Å². The predicted octanol–water partition coefficient (Wildman–Crippen LogP) is 3.46. The number of thiophene rings is 2. The second-order valence-corrected chi connectivity index (χ2v) is 10.2. The summed E-state index contributed by atoms with van der Waals surface area (Å²) in [6, 6.07) is 5.68. The zero-order chi connectivity index (χ0) is 15.6. The molecule has 2 aromatic rings. The normalized spacial score (nSPS) is 13.8. The van der Waals surface area contributed by atoms with Gasteiger partial charge in [-0.15, -0.1) is 22.7 Å². The van der Waals surface area contributed by atoms with Gasteiger partial charge >= 0.3 is 0 Å². The summed E-state index contributed by atoms with van der Waals surface area (Å²) in [5, 5.41) is 2.00. The van der Waals surface area contributed by atoms with Crippen molar-refractivity contribution in [3.05, 3.63) is 37.1 Å². The second kappa shape index (κ2) is 6.89. The molecule has 2 heterocycles. The van der Waals surface area contributed by atoms with Crippen LogP contribution < -0.4 is 4.72 Å². The van der Waals surface area contributed by atoms with Crippen LogP contribution >= 0.6 is 38.6 Å². The molecular weight excluding hydrogens is 392 g/mol. The number of nitrogens with one attached hydrogen (secondary N) is 1.